The number of halogens is 3. The van der Waals surface area contributed by atoms with Crippen molar-refractivity contribution in [1.82, 2.24) is 20.0 Å². The number of likely N-dealkylation sites (N-methyl/N-ethyl adjacent to an activating group) is 1. The van der Waals surface area contributed by atoms with Gasteiger partial charge in [0, 0.05) is 24.2 Å². The largest absolute Gasteiger partial charge is 0.435 e. The first-order chi connectivity index (χ1) is 11.2. The van der Waals surface area contributed by atoms with E-state index in [0.29, 0.717) is 12.2 Å². The summed E-state index contributed by atoms with van der Waals surface area (Å²) in [5.74, 6) is -0.220. The third-order valence-corrected chi connectivity index (χ3v) is 4.22. The third kappa shape index (κ3) is 4.96. The molecule has 8 heteroatoms. The molecule has 1 heterocycles. The molecular weight excluding hydrogens is 321 g/mol. The Balaban J connectivity index is 1.99. The van der Waals surface area contributed by atoms with Gasteiger partial charge in [-0.25, -0.2) is 0 Å². The number of rotatable bonds is 8. The lowest BCUT2D eigenvalue weighted by Gasteiger charge is -2.23. The fourth-order valence-corrected chi connectivity index (χ4v) is 2.78. The zero-order valence-corrected chi connectivity index (χ0v) is 14.4. The molecule has 1 N–H and O–H groups in total. The molecule has 0 radical (unpaired) electrons. The van der Waals surface area contributed by atoms with Gasteiger partial charge in [-0.15, -0.1) is 0 Å². The van der Waals surface area contributed by atoms with E-state index in [1.165, 1.54) is 4.68 Å². The van der Waals surface area contributed by atoms with Crippen molar-refractivity contribution in [2.45, 2.75) is 58.3 Å². The van der Waals surface area contributed by atoms with Gasteiger partial charge in [0.15, 0.2) is 5.69 Å². The minimum atomic E-state index is -4.48. The summed E-state index contributed by atoms with van der Waals surface area (Å²) in [4.78, 5) is 14.3. The molecule has 0 bridgehead atoms. The molecule has 1 aromatic rings. The molecule has 1 saturated carbocycles. The first kappa shape index (κ1) is 18.8. The van der Waals surface area contributed by atoms with Crippen molar-refractivity contribution in [3.05, 3.63) is 17.5 Å². The SMILES string of the molecule is CCN(CC)C[C@@H](C)NC(=O)Cn1nc(C(F)(F)F)cc1C1CC1. The Morgan fingerprint density at radius 3 is 2.54 bits per heavy atom. The molecular formula is C16H25F3N4O. The summed E-state index contributed by atoms with van der Waals surface area (Å²) in [6.45, 7) is 8.28. The molecule has 1 fully saturated rings. The fraction of sp³-hybridized carbons (Fsp3) is 0.750. The fourth-order valence-electron chi connectivity index (χ4n) is 2.78. The average molecular weight is 346 g/mol. The van der Waals surface area contributed by atoms with E-state index in [-0.39, 0.29) is 24.4 Å². The van der Waals surface area contributed by atoms with Crippen molar-refractivity contribution in [2.75, 3.05) is 19.6 Å². The van der Waals surface area contributed by atoms with Gasteiger partial charge in [-0.1, -0.05) is 13.8 Å². The quantitative estimate of drug-likeness (QED) is 0.787. The van der Waals surface area contributed by atoms with Gasteiger partial charge in [0.2, 0.25) is 5.91 Å². The van der Waals surface area contributed by atoms with Crippen LogP contribution < -0.4 is 5.32 Å². The summed E-state index contributed by atoms with van der Waals surface area (Å²) in [5.41, 5.74) is -0.415. The van der Waals surface area contributed by atoms with Crippen LogP contribution in [-0.4, -0.2) is 46.3 Å². The lowest BCUT2D eigenvalue weighted by Crippen LogP contribution is -2.43. The van der Waals surface area contributed by atoms with Gasteiger partial charge in [-0.2, -0.15) is 18.3 Å². The molecule has 0 aromatic carbocycles. The number of hydrogen-bond donors (Lipinski definition) is 1. The second kappa shape index (κ2) is 7.55. The first-order valence-corrected chi connectivity index (χ1v) is 8.41. The molecule has 1 amide bonds. The summed E-state index contributed by atoms with van der Waals surface area (Å²) in [5, 5.41) is 6.44. The van der Waals surface area contributed by atoms with E-state index in [0.717, 1.165) is 32.0 Å². The lowest BCUT2D eigenvalue weighted by molar-refractivity contribution is -0.141. The van der Waals surface area contributed by atoms with Crippen LogP contribution in [0.2, 0.25) is 0 Å². The second-order valence-electron chi connectivity index (χ2n) is 6.34. The number of amides is 1. The maximum Gasteiger partial charge on any atom is 0.435 e. The number of alkyl halides is 3. The van der Waals surface area contributed by atoms with Gasteiger partial charge in [-0.3, -0.25) is 9.48 Å². The van der Waals surface area contributed by atoms with E-state index < -0.39 is 11.9 Å². The van der Waals surface area contributed by atoms with E-state index in [1.807, 2.05) is 20.8 Å². The minimum Gasteiger partial charge on any atom is -0.351 e. The van der Waals surface area contributed by atoms with Crippen molar-refractivity contribution >= 4 is 5.91 Å². The number of carbonyl (C=O) groups excluding carboxylic acids is 1. The molecule has 1 aromatic heterocycles. The molecule has 136 valence electrons. The third-order valence-electron chi connectivity index (χ3n) is 4.22. The van der Waals surface area contributed by atoms with Crippen molar-refractivity contribution in [1.29, 1.82) is 0 Å². The topological polar surface area (TPSA) is 50.2 Å². The summed E-state index contributed by atoms with van der Waals surface area (Å²) in [6, 6.07) is 1.00. The van der Waals surface area contributed by atoms with Gasteiger partial charge >= 0.3 is 6.18 Å². The molecule has 2 rings (SSSR count). The molecule has 1 aliphatic carbocycles. The molecule has 1 atom stereocenters. The molecule has 1 aliphatic rings. The monoisotopic (exact) mass is 346 g/mol. The summed E-state index contributed by atoms with van der Waals surface area (Å²) < 4.78 is 39.8. The molecule has 0 unspecified atom stereocenters. The van der Waals surface area contributed by atoms with Crippen molar-refractivity contribution < 1.29 is 18.0 Å². The maximum absolute atomic E-state index is 12.9. The van der Waals surface area contributed by atoms with Crippen LogP contribution in [0.25, 0.3) is 0 Å². The van der Waals surface area contributed by atoms with Crippen LogP contribution in [-0.2, 0) is 17.5 Å². The molecule has 0 saturated heterocycles. The maximum atomic E-state index is 12.9. The van der Waals surface area contributed by atoms with Crippen LogP contribution in [0.5, 0.6) is 0 Å². The number of hydrogen-bond acceptors (Lipinski definition) is 3. The number of nitrogens with one attached hydrogen (secondary N) is 1. The van der Waals surface area contributed by atoms with Crippen molar-refractivity contribution in [2.24, 2.45) is 0 Å². The molecule has 5 nitrogen and oxygen atoms in total. The number of aromatic nitrogens is 2. The summed E-state index contributed by atoms with van der Waals surface area (Å²) in [7, 11) is 0. The van der Waals surface area contributed by atoms with Gasteiger partial charge < -0.3 is 10.2 Å². The Morgan fingerprint density at radius 2 is 2.04 bits per heavy atom. The van der Waals surface area contributed by atoms with E-state index in [2.05, 4.69) is 15.3 Å². The predicted molar refractivity (Wildman–Crippen MR) is 84.6 cm³/mol. The van der Waals surface area contributed by atoms with Crippen LogP contribution in [0, 0.1) is 0 Å². The Morgan fingerprint density at radius 1 is 1.42 bits per heavy atom. The van der Waals surface area contributed by atoms with Crippen LogP contribution in [0.15, 0.2) is 6.07 Å². The molecule has 0 spiro atoms. The lowest BCUT2D eigenvalue weighted by atomic mass is 10.2. The van der Waals surface area contributed by atoms with E-state index in [4.69, 9.17) is 0 Å². The summed E-state index contributed by atoms with van der Waals surface area (Å²) >= 11 is 0. The highest BCUT2D eigenvalue weighted by molar-refractivity contribution is 5.76. The minimum absolute atomic E-state index is 0.0700. The van der Waals surface area contributed by atoms with E-state index in [9.17, 15) is 18.0 Å². The van der Waals surface area contributed by atoms with Crippen molar-refractivity contribution in [3.63, 3.8) is 0 Å². The zero-order valence-electron chi connectivity index (χ0n) is 14.4. The van der Waals surface area contributed by atoms with Crippen LogP contribution >= 0.6 is 0 Å². The van der Waals surface area contributed by atoms with Crippen LogP contribution in [0.4, 0.5) is 13.2 Å². The number of carbonyl (C=O) groups is 1. The van der Waals surface area contributed by atoms with E-state index >= 15 is 0 Å². The standard InChI is InChI=1S/C16H25F3N4O/c1-4-22(5-2)9-11(3)20-15(24)10-23-13(12-6-7-12)8-14(21-23)16(17,18)19/h8,11-12H,4-7,9-10H2,1-3H3,(H,20,24)/t11-/m1/s1. The van der Waals surface area contributed by atoms with Crippen LogP contribution in [0.1, 0.15) is 50.9 Å². The van der Waals surface area contributed by atoms with Crippen LogP contribution in [0.3, 0.4) is 0 Å². The Labute approximate surface area is 140 Å². The highest BCUT2D eigenvalue weighted by atomic mass is 19.4. The normalized spacial score (nSPS) is 16.5. The molecule has 0 aliphatic heterocycles. The zero-order chi connectivity index (χ0) is 17.9. The Hall–Kier alpha value is -1.57. The smallest absolute Gasteiger partial charge is 0.351 e. The van der Waals surface area contributed by atoms with E-state index in [1.54, 1.807) is 0 Å². The van der Waals surface area contributed by atoms with Gasteiger partial charge in [-0.05, 0) is 38.9 Å². The summed E-state index contributed by atoms with van der Waals surface area (Å²) in [6.07, 6.45) is -2.78. The first-order valence-electron chi connectivity index (χ1n) is 8.41. The van der Waals surface area contributed by atoms with Gasteiger partial charge in [0.25, 0.3) is 0 Å². The van der Waals surface area contributed by atoms with Gasteiger partial charge in [0.1, 0.15) is 6.54 Å². The Kier molecular flexibility index (Phi) is 5.90. The highest BCUT2D eigenvalue weighted by Gasteiger charge is 2.38. The second-order valence-corrected chi connectivity index (χ2v) is 6.34. The highest BCUT2D eigenvalue weighted by Crippen LogP contribution is 2.42. The number of nitrogens with zero attached hydrogens (tertiary/aromatic N) is 3. The van der Waals surface area contributed by atoms with Gasteiger partial charge in [0.05, 0.1) is 0 Å². The van der Waals surface area contributed by atoms with Crippen molar-refractivity contribution in [3.8, 4) is 0 Å². The Bertz CT molecular complexity index is 562. The predicted octanol–water partition coefficient (Wildman–Crippen LogP) is 2.63. The average Bonchev–Trinajstić information content (AvgIpc) is 3.24. The molecule has 24 heavy (non-hydrogen) atoms.